The fraction of sp³-hybridized carbons (Fsp3) is 0.571. The van der Waals surface area contributed by atoms with E-state index in [1.54, 1.807) is 6.92 Å². The summed E-state index contributed by atoms with van der Waals surface area (Å²) in [7, 11) is 0. The van der Waals surface area contributed by atoms with Gasteiger partial charge in [0.15, 0.2) is 0 Å². The van der Waals surface area contributed by atoms with Crippen LogP contribution in [0.2, 0.25) is 0 Å². The van der Waals surface area contributed by atoms with E-state index in [-0.39, 0.29) is 5.91 Å². The highest BCUT2D eigenvalue weighted by Gasteiger charge is 2.14. The molecule has 0 spiro atoms. The lowest BCUT2D eigenvalue weighted by Crippen LogP contribution is -2.34. The Hall–Kier alpha value is -1.42. The van der Waals surface area contributed by atoms with E-state index in [4.69, 9.17) is 4.74 Å². The molecule has 0 unspecified atom stereocenters. The van der Waals surface area contributed by atoms with E-state index in [1.807, 2.05) is 13.1 Å². The Kier molecular flexibility index (Phi) is 4.31. The zero-order valence-electron chi connectivity index (χ0n) is 11.0. The Labute approximate surface area is 108 Å². The summed E-state index contributed by atoms with van der Waals surface area (Å²) in [6, 6.07) is 2.15. The van der Waals surface area contributed by atoms with Gasteiger partial charge in [-0.1, -0.05) is 6.07 Å². The molecule has 1 amide bonds. The minimum Gasteiger partial charge on any atom is -0.369 e. The molecule has 0 aliphatic heterocycles. The second-order valence-electron chi connectivity index (χ2n) is 4.62. The van der Waals surface area contributed by atoms with Crippen molar-refractivity contribution in [2.45, 2.75) is 45.8 Å². The minimum absolute atomic E-state index is 0.0719. The SMILES string of the molecule is CCO[C@H](C)C(=O)NCc1cnc2c(c1)CCC2. The molecule has 1 aliphatic rings. The third-order valence-corrected chi connectivity index (χ3v) is 3.23. The number of rotatable bonds is 5. The molecule has 1 heterocycles. The van der Waals surface area contributed by atoms with Gasteiger partial charge in [0.2, 0.25) is 5.91 Å². The van der Waals surface area contributed by atoms with Crippen molar-refractivity contribution in [3.05, 3.63) is 29.1 Å². The van der Waals surface area contributed by atoms with Gasteiger partial charge in [0.1, 0.15) is 6.10 Å². The van der Waals surface area contributed by atoms with Crippen molar-refractivity contribution in [1.29, 1.82) is 0 Å². The van der Waals surface area contributed by atoms with Crippen LogP contribution < -0.4 is 5.32 Å². The first kappa shape index (κ1) is 13.0. The second kappa shape index (κ2) is 5.96. The molecule has 4 nitrogen and oxygen atoms in total. The van der Waals surface area contributed by atoms with Crippen molar-refractivity contribution < 1.29 is 9.53 Å². The van der Waals surface area contributed by atoms with Gasteiger partial charge in [-0.3, -0.25) is 9.78 Å². The molecule has 18 heavy (non-hydrogen) atoms. The van der Waals surface area contributed by atoms with Crippen LogP contribution in [-0.2, 0) is 28.9 Å². The summed E-state index contributed by atoms with van der Waals surface area (Å²) in [5.74, 6) is -0.0719. The predicted molar refractivity (Wildman–Crippen MR) is 69.2 cm³/mol. The molecule has 0 saturated heterocycles. The van der Waals surface area contributed by atoms with Crippen LogP contribution in [0.15, 0.2) is 12.3 Å². The topological polar surface area (TPSA) is 51.2 Å². The molecule has 0 fully saturated rings. The molecule has 1 N–H and O–H groups in total. The number of carbonyl (C=O) groups excluding carboxylic acids is 1. The molecule has 0 bridgehead atoms. The van der Waals surface area contributed by atoms with Crippen molar-refractivity contribution >= 4 is 5.91 Å². The number of hydrogen-bond acceptors (Lipinski definition) is 3. The van der Waals surface area contributed by atoms with E-state index in [9.17, 15) is 4.79 Å². The third kappa shape index (κ3) is 3.07. The first-order valence-corrected chi connectivity index (χ1v) is 6.56. The van der Waals surface area contributed by atoms with Crippen molar-refractivity contribution in [3.63, 3.8) is 0 Å². The lowest BCUT2D eigenvalue weighted by atomic mass is 10.1. The number of carbonyl (C=O) groups is 1. The number of aryl methyl sites for hydroxylation is 2. The average Bonchev–Trinajstić information content (AvgIpc) is 2.83. The normalized spacial score (nSPS) is 15.2. The molecule has 1 aromatic rings. The van der Waals surface area contributed by atoms with Gasteiger partial charge >= 0.3 is 0 Å². The molecule has 1 aliphatic carbocycles. The number of nitrogens with zero attached hydrogens (tertiary/aromatic N) is 1. The number of amides is 1. The molecular formula is C14H20N2O2. The van der Waals surface area contributed by atoms with Gasteiger partial charge in [0.25, 0.3) is 0 Å². The van der Waals surface area contributed by atoms with Crippen LogP contribution in [0.4, 0.5) is 0 Å². The van der Waals surface area contributed by atoms with E-state index in [1.165, 1.54) is 17.7 Å². The van der Waals surface area contributed by atoms with E-state index in [2.05, 4.69) is 16.4 Å². The summed E-state index contributed by atoms with van der Waals surface area (Å²) >= 11 is 0. The van der Waals surface area contributed by atoms with E-state index >= 15 is 0 Å². The smallest absolute Gasteiger partial charge is 0.249 e. The fourth-order valence-electron chi connectivity index (χ4n) is 2.23. The number of hydrogen-bond donors (Lipinski definition) is 1. The molecule has 1 aromatic heterocycles. The maximum Gasteiger partial charge on any atom is 0.249 e. The van der Waals surface area contributed by atoms with Gasteiger partial charge in [-0.15, -0.1) is 0 Å². The number of aromatic nitrogens is 1. The van der Waals surface area contributed by atoms with Gasteiger partial charge in [-0.05, 0) is 44.2 Å². The van der Waals surface area contributed by atoms with Crippen LogP contribution in [0, 0.1) is 0 Å². The number of ether oxygens (including phenoxy) is 1. The van der Waals surface area contributed by atoms with Crippen LogP contribution in [-0.4, -0.2) is 23.6 Å². The Bertz CT molecular complexity index is 432. The Morgan fingerprint density at radius 3 is 3.17 bits per heavy atom. The van der Waals surface area contributed by atoms with E-state index in [0.717, 1.165) is 18.4 Å². The third-order valence-electron chi connectivity index (χ3n) is 3.23. The van der Waals surface area contributed by atoms with E-state index in [0.29, 0.717) is 13.2 Å². The van der Waals surface area contributed by atoms with Gasteiger partial charge in [0.05, 0.1) is 0 Å². The van der Waals surface area contributed by atoms with Gasteiger partial charge in [-0.25, -0.2) is 0 Å². The summed E-state index contributed by atoms with van der Waals surface area (Å²) in [6.45, 7) is 4.72. The molecule has 98 valence electrons. The summed E-state index contributed by atoms with van der Waals surface area (Å²) in [4.78, 5) is 16.1. The maximum absolute atomic E-state index is 11.7. The van der Waals surface area contributed by atoms with Gasteiger partial charge in [-0.2, -0.15) is 0 Å². The summed E-state index contributed by atoms with van der Waals surface area (Å²) < 4.78 is 5.24. The molecule has 2 rings (SSSR count). The zero-order valence-corrected chi connectivity index (χ0v) is 11.0. The maximum atomic E-state index is 11.7. The largest absolute Gasteiger partial charge is 0.369 e. The molecule has 1 atom stereocenters. The Morgan fingerprint density at radius 2 is 2.39 bits per heavy atom. The summed E-state index contributed by atoms with van der Waals surface area (Å²) in [5.41, 5.74) is 3.61. The van der Waals surface area contributed by atoms with Gasteiger partial charge < -0.3 is 10.1 Å². The van der Waals surface area contributed by atoms with Crippen LogP contribution >= 0.6 is 0 Å². The standard InChI is InChI=1S/C14H20N2O2/c1-3-18-10(2)14(17)16-9-11-7-12-5-4-6-13(12)15-8-11/h7-8,10H,3-6,9H2,1-2H3,(H,16,17)/t10-/m1/s1. The highest BCUT2D eigenvalue weighted by atomic mass is 16.5. The molecule has 0 radical (unpaired) electrons. The zero-order chi connectivity index (χ0) is 13.0. The van der Waals surface area contributed by atoms with Crippen molar-refractivity contribution in [2.24, 2.45) is 0 Å². The summed E-state index contributed by atoms with van der Waals surface area (Å²) in [6.07, 6.45) is 4.86. The van der Waals surface area contributed by atoms with Crippen LogP contribution in [0.5, 0.6) is 0 Å². The van der Waals surface area contributed by atoms with E-state index < -0.39 is 6.10 Å². The first-order chi connectivity index (χ1) is 8.70. The lowest BCUT2D eigenvalue weighted by Gasteiger charge is -2.12. The predicted octanol–water partition coefficient (Wildman–Crippen LogP) is 1.61. The average molecular weight is 248 g/mol. The molecule has 0 aromatic carbocycles. The number of pyridine rings is 1. The monoisotopic (exact) mass is 248 g/mol. The number of nitrogens with one attached hydrogen (secondary N) is 1. The lowest BCUT2D eigenvalue weighted by molar-refractivity contribution is -0.131. The first-order valence-electron chi connectivity index (χ1n) is 6.56. The highest BCUT2D eigenvalue weighted by Crippen LogP contribution is 2.20. The van der Waals surface area contributed by atoms with Crippen molar-refractivity contribution in [2.75, 3.05) is 6.61 Å². The van der Waals surface area contributed by atoms with Gasteiger partial charge in [0, 0.05) is 25.0 Å². The minimum atomic E-state index is -0.391. The summed E-state index contributed by atoms with van der Waals surface area (Å²) in [5, 5.41) is 2.87. The molecule has 0 saturated carbocycles. The quantitative estimate of drug-likeness (QED) is 0.861. The highest BCUT2D eigenvalue weighted by molar-refractivity contribution is 5.80. The van der Waals surface area contributed by atoms with Crippen LogP contribution in [0.3, 0.4) is 0 Å². The Morgan fingerprint density at radius 1 is 1.56 bits per heavy atom. The number of fused-ring (bicyclic) bond motifs is 1. The van der Waals surface area contributed by atoms with Crippen molar-refractivity contribution in [1.82, 2.24) is 10.3 Å². The van der Waals surface area contributed by atoms with Crippen molar-refractivity contribution in [3.8, 4) is 0 Å². The molecular weight excluding hydrogens is 228 g/mol. The van der Waals surface area contributed by atoms with Crippen LogP contribution in [0.1, 0.15) is 37.1 Å². The second-order valence-corrected chi connectivity index (χ2v) is 4.62. The molecule has 4 heteroatoms. The Balaban J connectivity index is 1.88. The van der Waals surface area contributed by atoms with Crippen LogP contribution in [0.25, 0.3) is 0 Å². The fourth-order valence-corrected chi connectivity index (χ4v) is 2.23.